The van der Waals surface area contributed by atoms with E-state index in [0.29, 0.717) is 5.92 Å². The van der Waals surface area contributed by atoms with Crippen LogP contribution in [0, 0.1) is 5.92 Å². The van der Waals surface area contributed by atoms with E-state index in [1.54, 1.807) is 11.8 Å². The Hall–Kier alpha value is -2.76. The minimum atomic E-state index is -0.0739. The maximum atomic E-state index is 12.5. The molecule has 2 aromatic heterocycles. The number of fused-ring (bicyclic) bond motifs is 1. The minimum absolute atomic E-state index is 0.0739. The first-order valence-corrected chi connectivity index (χ1v) is 8.93. The number of rotatable bonds is 7. The summed E-state index contributed by atoms with van der Waals surface area (Å²) in [7, 11) is 3.49. The van der Waals surface area contributed by atoms with E-state index >= 15 is 0 Å². The Bertz CT molecular complexity index is 908. The number of hydrogen-bond acceptors (Lipinski definition) is 3. The number of amides is 1. The quantitative estimate of drug-likeness (QED) is 0.680. The first-order chi connectivity index (χ1) is 12.5. The van der Waals surface area contributed by atoms with E-state index in [0.717, 1.165) is 46.6 Å². The van der Waals surface area contributed by atoms with Crippen molar-refractivity contribution in [2.45, 2.75) is 33.1 Å². The van der Waals surface area contributed by atoms with Gasteiger partial charge < -0.3 is 15.0 Å². The molecule has 0 saturated carbocycles. The Morgan fingerprint density at radius 1 is 1.38 bits per heavy atom. The van der Waals surface area contributed by atoms with Gasteiger partial charge in [0.1, 0.15) is 11.6 Å². The van der Waals surface area contributed by atoms with E-state index in [1.807, 2.05) is 37.5 Å². The Balaban J connectivity index is 1.72. The molecule has 26 heavy (non-hydrogen) atoms. The predicted molar refractivity (Wildman–Crippen MR) is 104 cm³/mol. The van der Waals surface area contributed by atoms with Gasteiger partial charge in [-0.2, -0.15) is 5.10 Å². The Labute approximate surface area is 153 Å². The van der Waals surface area contributed by atoms with Crippen molar-refractivity contribution in [1.29, 1.82) is 0 Å². The number of ether oxygens (including phenoxy) is 1. The predicted octanol–water partition coefficient (Wildman–Crippen LogP) is 3.68. The summed E-state index contributed by atoms with van der Waals surface area (Å²) < 4.78 is 7.15. The van der Waals surface area contributed by atoms with E-state index in [1.165, 1.54) is 0 Å². The number of benzene rings is 1. The van der Waals surface area contributed by atoms with E-state index < -0.39 is 0 Å². The number of carbonyl (C=O) groups is 1. The van der Waals surface area contributed by atoms with Crippen LogP contribution in [0.4, 0.5) is 5.82 Å². The van der Waals surface area contributed by atoms with Gasteiger partial charge in [0.25, 0.3) is 0 Å². The van der Waals surface area contributed by atoms with Crippen molar-refractivity contribution >= 4 is 22.6 Å². The van der Waals surface area contributed by atoms with Crippen LogP contribution in [0.5, 0.6) is 5.75 Å². The van der Waals surface area contributed by atoms with Gasteiger partial charge in [-0.05, 0) is 36.5 Å². The van der Waals surface area contributed by atoms with E-state index in [-0.39, 0.29) is 12.3 Å². The Morgan fingerprint density at radius 3 is 2.92 bits per heavy atom. The number of anilines is 1. The summed E-state index contributed by atoms with van der Waals surface area (Å²) in [6.07, 6.45) is 4.14. The largest absolute Gasteiger partial charge is 0.496 e. The van der Waals surface area contributed by atoms with Crippen molar-refractivity contribution in [3.63, 3.8) is 0 Å². The first kappa shape index (κ1) is 18.0. The summed E-state index contributed by atoms with van der Waals surface area (Å²) >= 11 is 0. The van der Waals surface area contributed by atoms with Crippen LogP contribution in [0.3, 0.4) is 0 Å². The molecule has 0 saturated heterocycles. The number of aryl methyl sites for hydroxylation is 2. The van der Waals surface area contributed by atoms with Gasteiger partial charge in [-0.25, -0.2) is 0 Å². The number of carbonyl (C=O) groups excluding carboxylic acids is 1. The first-order valence-electron chi connectivity index (χ1n) is 8.93. The molecule has 1 aromatic carbocycles. The van der Waals surface area contributed by atoms with Crippen molar-refractivity contribution in [3.05, 3.63) is 41.7 Å². The second-order valence-corrected chi connectivity index (χ2v) is 7.00. The zero-order valence-electron chi connectivity index (χ0n) is 15.8. The van der Waals surface area contributed by atoms with E-state index in [9.17, 15) is 4.79 Å². The molecule has 3 rings (SSSR count). The zero-order valence-corrected chi connectivity index (χ0v) is 15.8. The summed E-state index contributed by atoms with van der Waals surface area (Å²) in [6, 6.07) is 7.76. The number of nitrogens with one attached hydrogen (secondary N) is 2. The molecular weight excluding hydrogens is 328 g/mol. The lowest BCUT2D eigenvalue weighted by Gasteiger charge is -2.06. The lowest BCUT2D eigenvalue weighted by atomic mass is 10.1. The van der Waals surface area contributed by atoms with Crippen LogP contribution in [0.1, 0.15) is 31.5 Å². The molecule has 0 unspecified atom stereocenters. The van der Waals surface area contributed by atoms with Crippen LogP contribution < -0.4 is 10.1 Å². The third-order valence-corrected chi connectivity index (χ3v) is 4.50. The number of methoxy groups -OCH3 is 1. The van der Waals surface area contributed by atoms with E-state index in [2.05, 4.69) is 29.2 Å². The summed E-state index contributed by atoms with van der Waals surface area (Å²) in [5, 5.41) is 8.40. The lowest BCUT2D eigenvalue weighted by Crippen LogP contribution is -2.16. The maximum Gasteiger partial charge on any atom is 0.230 e. The molecule has 2 N–H and O–H groups in total. The third kappa shape index (κ3) is 3.90. The van der Waals surface area contributed by atoms with Gasteiger partial charge in [-0.15, -0.1) is 0 Å². The topological polar surface area (TPSA) is 71.9 Å². The highest BCUT2D eigenvalue weighted by molar-refractivity contribution is 5.97. The van der Waals surface area contributed by atoms with E-state index in [4.69, 9.17) is 4.74 Å². The van der Waals surface area contributed by atoms with Crippen molar-refractivity contribution in [2.24, 2.45) is 13.0 Å². The average Bonchev–Trinajstić information content (AvgIpc) is 3.17. The van der Waals surface area contributed by atoms with Crippen molar-refractivity contribution in [3.8, 4) is 5.75 Å². The highest BCUT2D eigenvalue weighted by atomic mass is 16.5. The van der Waals surface area contributed by atoms with Crippen LogP contribution in [0.15, 0.2) is 30.5 Å². The van der Waals surface area contributed by atoms with Crippen molar-refractivity contribution in [2.75, 3.05) is 12.4 Å². The molecule has 0 radical (unpaired) electrons. The normalized spacial score (nSPS) is 11.3. The zero-order chi connectivity index (χ0) is 18.7. The lowest BCUT2D eigenvalue weighted by molar-refractivity contribution is -0.115. The standard InChI is InChI=1S/C20H26N4O2/c1-13(2)8-9-15-11-18(24(3)23-15)22-19(25)10-14-12-21-16-6-5-7-17(26-4)20(14)16/h5-7,11-13,21H,8-10H2,1-4H3,(H,22,25). The minimum Gasteiger partial charge on any atom is -0.496 e. The molecule has 0 spiro atoms. The second-order valence-electron chi connectivity index (χ2n) is 7.00. The van der Waals surface area contributed by atoms with Crippen molar-refractivity contribution in [1.82, 2.24) is 14.8 Å². The molecule has 0 aliphatic carbocycles. The van der Waals surface area contributed by atoms with Gasteiger partial charge in [0.15, 0.2) is 0 Å². The molecule has 6 nitrogen and oxygen atoms in total. The molecule has 138 valence electrons. The number of nitrogens with zero attached hydrogens (tertiary/aromatic N) is 2. The summed E-state index contributed by atoms with van der Waals surface area (Å²) in [5.74, 6) is 2.05. The summed E-state index contributed by atoms with van der Waals surface area (Å²) in [5.41, 5.74) is 2.88. The smallest absolute Gasteiger partial charge is 0.230 e. The summed E-state index contributed by atoms with van der Waals surface area (Å²) in [6.45, 7) is 4.39. The third-order valence-electron chi connectivity index (χ3n) is 4.50. The molecule has 0 fully saturated rings. The van der Waals surface area contributed by atoms with Gasteiger partial charge in [0.05, 0.1) is 19.2 Å². The maximum absolute atomic E-state index is 12.5. The molecule has 2 heterocycles. The number of aromatic nitrogens is 3. The highest BCUT2D eigenvalue weighted by Crippen LogP contribution is 2.29. The molecule has 0 aliphatic rings. The number of hydrogen-bond donors (Lipinski definition) is 2. The highest BCUT2D eigenvalue weighted by Gasteiger charge is 2.14. The fourth-order valence-corrected chi connectivity index (χ4v) is 3.09. The molecule has 6 heteroatoms. The number of H-pyrrole nitrogens is 1. The van der Waals surface area contributed by atoms with Crippen molar-refractivity contribution < 1.29 is 9.53 Å². The van der Waals surface area contributed by atoms with Crippen LogP contribution in [0.25, 0.3) is 10.9 Å². The fraction of sp³-hybridized carbons (Fsp3) is 0.400. The van der Waals surface area contributed by atoms with Crippen LogP contribution >= 0.6 is 0 Å². The molecule has 0 atom stereocenters. The van der Waals surface area contributed by atoms with Gasteiger partial charge in [-0.1, -0.05) is 19.9 Å². The second kappa shape index (κ2) is 7.64. The molecular formula is C20H26N4O2. The Morgan fingerprint density at radius 2 is 2.19 bits per heavy atom. The number of aromatic amines is 1. The molecule has 1 amide bonds. The fourth-order valence-electron chi connectivity index (χ4n) is 3.09. The van der Waals surface area contributed by atoms with Crippen LogP contribution in [-0.2, 0) is 24.7 Å². The molecule has 3 aromatic rings. The Kier molecular flexibility index (Phi) is 5.30. The van der Waals surface area contributed by atoms with Gasteiger partial charge in [0, 0.05) is 30.2 Å². The molecule has 0 aliphatic heterocycles. The van der Waals surface area contributed by atoms with Crippen LogP contribution in [-0.4, -0.2) is 27.8 Å². The van der Waals surface area contributed by atoms with Crippen LogP contribution in [0.2, 0.25) is 0 Å². The molecule has 0 bridgehead atoms. The van der Waals surface area contributed by atoms with Gasteiger partial charge in [0.2, 0.25) is 5.91 Å². The average molecular weight is 354 g/mol. The monoisotopic (exact) mass is 354 g/mol. The summed E-state index contributed by atoms with van der Waals surface area (Å²) in [4.78, 5) is 15.7. The van der Waals surface area contributed by atoms with Gasteiger partial charge in [-0.3, -0.25) is 9.48 Å². The van der Waals surface area contributed by atoms with Gasteiger partial charge >= 0.3 is 0 Å². The SMILES string of the molecule is COc1cccc2[nH]cc(CC(=O)Nc3cc(CCC(C)C)nn3C)c12.